The Hall–Kier alpha value is -0.670. The average molecular weight is 236 g/mol. The lowest BCUT2D eigenvalue weighted by atomic mass is 10.2. The molecule has 1 fully saturated rings. The zero-order valence-electron chi connectivity index (χ0n) is 10.1. The Morgan fingerprint density at radius 2 is 2.38 bits per heavy atom. The van der Waals surface area contributed by atoms with Gasteiger partial charge in [0.15, 0.2) is 0 Å². The summed E-state index contributed by atoms with van der Waals surface area (Å²) < 4.78 is 0. The topological polar surface area (TPSA) is 15.3 Å². The van der Waals surface area contributed by atoms with Gasteiger partial charge in [0.2, 0.25) is 0 Å². The quantitative estimate of drug-likeness (QED) is 0.865. The summed E-state index contributed by atoms with van der Waals surface area (Å²) >= 11 is 2.05. The van der Waals surface area contributed by atoms with Crippen LogP contribution in [0.25, 0.3) is 0 Å². The number of hydrogen-bond acceptors (Lipinski definition) is 3. The lowest BCUT2D eigenvalue weighted by molar-refractivity contribution is 0.562. The van der Waals surface area contributed by atoms with Crippen molar-refractivity contribution < 1.29 is 0 Å². The summed E-state index contributed by atoms with van der Waals surface area (Å²) in [4.78, 5) is 2.34. The predicted octanol–water partition coefficient (Wildman–Crippen LogP) is 2.14. The summed E-state index contributed by atoms with van der Waals surface area (Å²) in [5.41, 5.74) is 2.65. The van der Waals surface area contributed by atoms with Gasteiger partial charge >= 0.3 is 0 Å². The number of nitrogens with zero attached hydrogens (tertiary/aromatic N) is 1. The van der Waals surface area contributed by atoms with Gasteiger partial charge in [-0.15, -0.1) is 0 Å². The third-order valence-corrected chi connectivity index (χ3v) is 4.07. The molecule has 1 aromatic rings. The Morgan fingerprint density at radius 1 is 1.50 bits per heavy atom. The van der Waals surface area contributed by atoms with E-state index in [1.807, 2.05) is 0 Å². The minimum Gasteiger partial charge on any atom is -0.373 e. The van der Waals surface area contributed by atoms with Crippen LogP contribution in [0.5, 0.6) is 0 Å². The van der Waals surface area contributed by atoms with Crippen LogP contribution in [0.1, 0.15) is 5.56 Å². The molecule has 16 heavy (non-hydrogen) atoms. The molecule has 1 aliphatic rings. The second-order valence-electron chi connectivity index (χ2n) is 4.45. The van der Waals surface area contributed by atoms with Gasteiger partial charge in [-0.2, -0.15) is 11.8 Å². The maximum atomic E-state index is 3.57. The minimum absolute atomic E-state index is 0.629. The van der Waals surface area contributed by atoms with Crippen LogP contribution in [0.15, 0.2) is 24.3 Å². The number of anilines is 1. The Bertz CT molecular complexity index is 334. The van der Waals surface area contributed by atoms with Crippen molar-refractivity contribution >= 4 is 17.4 Å². The maximum Gasteiger partial charge on any atom is 0.0366 e. The molecule has 0 bridgehead atoms. The van der Waals surface area contributed by atoms with Crippen LogP contribution in [0.2, 0.25) is 0 Å². The van der Waals surface area contributed by atoms with E-state index in [-0.39, 0.29) is 0 Å². The van der Waals surface area contributed by atoms with Crippen molar-refractivity contribution in [2.24, 2.45) is 0 Å². The summed E-state index contributed by atoms with van der Waals surface area (Å²) in [6, 6.07) is 9.33. The molecule has 1 N–H and O–H groups in total. The number of rotatable bonds is 3. The van der Waals surface area contributed by atoms with E-state index in [1.165, 1.54) is 22.8 Å². The van der Waals surface area contributed by atoms with Crippen molar-refractivity contribution in [2.45, 2.75) is 13.0 Å². The molecule has 0 spiro atoms. The van der Waals surface area contributed by atoms with Crippen LogP contribution in [0, 0.1) is 6.92 Å². The normalized spacial score (nSPS) is 20.8. The zero-order valence-corrected chi connectivity index (χ0v) is 10.9. The van der Waals surface area contributed by atoms with Gasteiger partial charge in [-0.1, -0.05) is 12.1 Å². The Kier molecular flexibility index (Phi) is 4.13. The molecule has 1 heterocycles. The van der Waals surface area contributed by atoms with Crippen molar-refractivity contribution in [3.63, 3.8) is 0 Å². The molecule has 1 aromatic carbocycles. The molecule has 0 aromatic heterocycles. The summed E-state index contributed by atoms with van der Waals surface area (Å²) in [5, 5.41) is 3.57. The maximum absolute atomic E-state index is 3.57. The molecule has 3 heteroatoms. The van der Waals surface area contributed by atoms with Crippen molar-refractivity contribution in [1.29, 1.82) is 0 Å². The Morgan fingerprint density at radius 3 is 3.06 bits per heavy atom. The van der Waals surface area contributed by atoms with Crippen LogP contribution in [0.3, 0.4) is 0 Å². The third-order valence-electron chi connectivity index (χ3n) is 2.94. The van der Waals surface area contributed by atoms with E-state index in [2.05, 4.69) is 60.2 Å². The highest BCUT2D eigenvalue weighted by atomic mass is 32.2. The lowest BCUT2D eigenvalue weighted by Gasteiger charge is -2.29. The molecule has 0 radical (unpaired) electrons. The van der Waals surface area contributed by atoms with Crippen LogP contribution in [-0.4, -0.2) is 37.7 Å². The molecular weight excluding hydrogens is 216 g/mol. The summed E-state index contributed by atoms with van der Waals surface area (Å²) in [6.45, 7) is 4.39. The van der Waals surface area contributed by atoms with E-state index in [4.69, 9.17) is 0 Å². The number of likely N-dealkylation sites (N-methyl/N-ethyl adjacent to an activating group) is 1. The van der Waals surface area contributed by atoms with Crippen molar-refractivity contribution in [1.82, 2.24) is 5.32 Å². The number of nitrogens with one attached hydrogen (secondary N) is 1. The fourth-order valence-electron chi connectivity index (χ4n) is 2.04. The highest BCUT2D eigenvalue weighted by molar-refractivity contribution is 7.99. The third kappa shape index (κ3) is 3.16. The molecule has 1 saturated heterocycles. The SMILES string of the molecule is Cc1cccc(N(C)CC2CSCCN2)c1. The highest BCUT2D eigenvalue weighted by Crippen LogP contribution is 2.16. The first-order chi connectivity index (χ1) is 7.75. The monoisotopic (exact) mass is 236 g/mol. The van der Waals surface area contributed by atoms with Gasteiger partial charge in [-0.05, 0) is 24.6 Å². The van der Waals surface area contributed by atoms with E-state index in [0.29, 0.717) is 6.04 Å². The van der Waals surface area contributed by atoms with E-state index in [0.717, 1.165) is 13.1 Å². The summed E-state index contributed by atoms with van der Waals surface area (Å²) in [7, 11) is 2.18. The van der Waals surface area contributed by atoms with Crippen LogP contribution in [0.4, 0.5) is 5.69 Å². The number of thioether (sulfide) groups is 1. The first-order valence-corrected chi connectivity index (χ1v) is 7.00. The van der Waals surface area contributed by atoms with Crippen LogP contribution < -0.4 is 10.2 Å². The lowest BCUT2D eigenvalue weighted by Crippen LogP contribution is -2.45. The summed E-state index contributed by atoms with van der Waals surface area (Å²) in [5.74, 6) is 2.49. The smallest absolute Gasteiger partial charge is 0.0366 e. The molecule has 1 atom stereocenters. The van der Waals surface area contributed by atoms with Gasteiger partial charge in [-0.25, -0.2) is 0 Å². The van der Waals surface area contributed by atoms with Crippen molar-refractivity contribution in [3.05, 3.63) is 29.8 Å². The minimum atomic E-state index is 0.629. The molecule has 1 aliphatic heterocycles. The molecule has 2 rings (SSSR count). The van der Waals surface area contributed by atoms with Gasteiger partial charge in [0.25, 0.3) is 0 Å². The Labute approximate surface area is 102 Å². The first-order valence-electron chi connectivity index (χ1n) is 5.84. The molecule has 1 unspecified atom stereocenters. The van der Waals surface area contributed by atoms with Crippen LogP contribution >= 0.6 is 11.8 Å². The molecule has 0 saturated carbocycles. The number of benzene rings is 1. The van der Waals surface area contributed by atoms with Crippen LogP contribution in [-0.2, 0) is 0 Å². The van der Waals surface area contributed by atoms with Gasteiger partial charge in [0.1, 0.15) is 0 Å². The molecule has 88 valence electrons. The first kappa shape index (κ1) is 11.8. The second kappa shape index (κ2) is 5.60. The van der Waals surface area contributed by atoms with E-state index in [1.54, 1.807) is 0 Å². The summed E-state index contributed by atoms with van der Waals surface area (Å²) in [6.07, 6.45) is 0. The van der Waals surface area contributed by atoms with Gasteiger partial charge < -0.3 is 10.2 Å². The fraction of sp³-hybridized carbons (Fsp3) is 0.538. The van der Waals surface area contributed by atoms with Gasteiger partial charge in [-0.3, -0.25) is 0 Å². The number of hydrogen-bond donors (Lipinski definition) is 1. The molecular formula is C13H20N2S. The average Bonchev–Trinajstić information content (AvgIpc) is 2.30. The molecule has 0 amide bonds. The predicted molar refractivity (Wildman–Crippen MR) is 73.6 cm³/mol. The van der Waals surface area contributed by atoms with E-state index in [9.17, 15) is 0 Å². The number of aryl methyl sites for hydroxylation is 1. The second-order valence-corrected chi connectivity index (χ2v) is 5.60. The zero-order chi connectivity index (χ0) is 11.4. The largest absolute Gasteiger partial charge is 0.373 e. The highest BCUT2D eigenvalue weighted by Gasteiger charge is 2.14. The molecule has 0 aliphatic carbocycles. The van der Waals surface area contributed by atoms with Crippen molar-refractivity contribution in [3.8, 4) is 0 Å². The standard InChI is InChI=1S/C13H20N2S/c1-11-4-3-5-13(8-11)15(2)9-12-10-16-7-6-14-12/h3-5,8,12,14H,6-7,9-10H2,1-2H3. The van der Waals surface area contributed by atoms with E-state index < -0.39 is 0 Å². The van der Waals surface area contributed by atoms with Crippen molar-refractivity contribution in [2.75, 3.05) is 36.5 Å². The Balaban J connectivity index is 1.94. The fourth-order valence-corrected chi connectivity index (χ4v) is 2.98. The molecule has 2 nitrogen and oxygen atoms in total. The van der Waals surface area contributed by atoms with Gasteiger partial charge in [0, 0.05) is 43.4 Å². The van der Waals surface area contributed by atoms with Gasteiger partial charge in [0.05, 0.1) is 0 Å². The van der Waals surface area contributed by atoms with E-state index >= 15 is 0 Å².